The number of nitrogens with one attached hydrogen (secondary N) is 1. The molecule has 1 amide bonds. The van der Waals surface area contributed by atoms with Crippen LogP contribution >= 0.6 is 0 Å². The van der Waals surface area contributed by atoms with Crippen LogP contribution in [0, 0.1) is 10.1 Å². The van der Waals surface area contributed by atoms with E-state index in [1.807, 2.05) is 6.92 Å². The average molecular weight is 335 g/mol. The largest absolute Gasteiger partial charge is 0.494 e. The van der Waals surface area contributed by atoms with Gasteiger partial charge in [0.2, 0.25) is 0 Å². The molecule has 1 fully saturated rings. The van der Waals surface area contributed by atoms with Gasteiger partial charge in [-0.1, -0.05) is 13.3 Å². The Morgan fingerprint density at radius 1 is 1.42 bits per heavy atom. The number of benzene rings is 1. The van der Waals surface area contributed by atoms with Crippen molar-refractivity contribution in [1.82, 2.24) is 10.2 Å². The van der Waals surface area contributed by atoms with Crippen molar-refractivity contribution in [2.75, 3.05) is 26.2 Å². The minimum atomic E-state index is -0.538. The number of carbonyl (C=O) groups is 1. The molecular formula is C17H25N3O4. The zero-order valence-electron chi connectivity index (χ0n) is 14.3. The van der Waals surface area contributed by atoms with Gasteiger partial charge >= 0.3 is 0 Å². The maximum Gasteiger partial charge on any atom is 0.282 e. The van der Waals surface area contributed by atoms with E-state index in [4.69, 9.17) is 4.74 Å². The van der Waals surface area contributed by atoms with E-state index in [0.29, 0.717) is 24.9 Å². The summed E-state index contributed by atoms with van der Waals surface area (Å²) in [5.74, 6) is 0.0333. The van der Waals surface area contributed by atoms with Crippen LogP contribution in [0.2, 0.25) is 0 Å². The van der Waals surface area contributed by atoms with Gasteiger partial charge in [0.15, 0.2) is 0 Å². The number of ether oxygens (including phenoxy) is 1. The zero-order valence-corrected chi connectivity index (χ0v) is 14.3. The van der Waals surface area contributed by atoms with Crippen molar-refractivity contribution in [2.45, 2.75) is 39.2 Å². The number of nitro groups is 1. The molecule has 7 nitrogen and oxygen atoms in total. The summed E-state index contributed by atoms with van der Waals surface area (Å²) in [6.45, 7) is 6.85. The summed E-state index contributed by atoms with van der Waals surface area (Å²) in [5, 5.41) is 14.0. The lowest BCUT2D eigenvalue weighted by Crippen LogP contribution is -2.46. The summed E-state index contributed by atoms with van der Waals surface area (Å²) in [4.78, 5) is 25.5. The molecule has 2 rings (SSSR count). The van der Waals surface area contributed by atoms with Crippen LogP contribution in [0.4, 0.5) is 5.69 Å². The summed E-state index contributed by atoms with van der Waals surface area (Å²) < 4.78 is 5.35. The topological polar surface area (TPSA) is 84.7 Å². The van der Waals surface area contributed by atoms with Crippen LogP contribution in [-0.2, 0) is 0 Å². The van der Waals surface area contributed by atoms with Gasteiger partial charge in [-0.2, -0.15) is 0 Å². The molecule has 0 spiro atoms. The molecule has 132 valence electrons. The first kappa shape index (κ1) is 18.2. The third kappa shape index (κ3) is 4.44. The van der Waals surface area contributed by atoms with Gasteiger partial charge in [0.25, 0.3) is 11.6 Å². The van der Waals surface area contributed by atoms with Crippen molar-refractivity contribution in [3.63, 3.8) is 0 Å². The molecule has 1 aromatic rings. The number of likely N-dealkylation sites (N-methyl/N-ethyl adjacent to an activating group) is 1. The number of rotatable bonds is 7. The molecule has 1 saturated heterocycles. The van der Waals surface area contributed by atoms with Crippen LogP contribution in [0.15, 0.2) is 18.2 Å². The fraction of sp³-hybridized carbons (Fsp3) is 0.588. The lowest BCUT2D eigenvalue weighted by molar-refractivity contribution is -0.385. The summed E-state index contributed by atoms with van der Waals surface area (Å²) in [7, 11) is 0. The Hall–Kier alpha value is -2.15. The fourth-order valence-electron chi connectivity index (χ4n) is 3.13. The lowest BCUT2D eigenvalue weighted by Gasteiger charge is -2.34. The molecule has 1 atom stereocenters. The van der Waals surface area contributed by atoms with Crippen LogP contribution < -0.4 is 10.1 Å². The predicted molar refractivity (Wildman–Crippen MR) is 91.5 cm³/mol. The van der Waals surface area contributed by atoms with Gasteiger partial charge in [-0.3, -0.25) is 19.8 Å². The zero-order chi connectivity index (χ0) is 17.5. The van der Waals surface area contributed by atoms with Crippen molar-refractivity contribution < 1.29 is 14.5 Å². The minimum absolute atomic E-state index is 0.0461. The lowest BCUT2D eigenvalue weighted by atomic mass is 10.0. The molecule has 7 heteroatoms. The Morgan fingerprint density at radius 3 is 2.88 bits per heavy atom. The average Bonchev–Trinajstić information content (AvgIpc) is 2.59. The highest BCUT2D eigenvalue weighted by atomic mass is 16.6. The van der Waals surface area contributed by atoms with E-state index >= 15 is 0 Å². The van der Waals surface area contributed by atoms with E-state index in [1.165, 1.54) is 24.6 Å². The van der Waals surface area contributed by atoms with Crippen molar-refractivity contribution in [2.24, 2.45) is 0 Å². The van der Waals surface area contributed by atoms with E-state index < -0.39 is 10.8 Å². The van der Waals surface area contributed by atoms with Crippen molar-refractivity contribution in [1.29, 1.82) is 0 Å². The molecule has 1 unspecified atom stereocenters. The molecule has 0 bridgehead atoms. The number of nitrogens with zero attached hydrogens (tertiary/aromatic N) is 2. The summed E-state index contributed by atoms with van der Waals surface area (Å²) >= 11 is 0. The Labute approximate surface area is 142 Å². The maximum atomic E-state index is 12.5. The van der Waals surface area contributed by atoms with Gasteiger partial charge in [0, 0.05) is 18.7 Å². The molecule has 0 radical (unpaired) electrons. The van der Waals surface area contributed by atoms with E-state index in [-0.39, 0.29) is 11.3 Å². The molecule has 1 heterocycles. The van der Waals surface area contributed by atoms with Crippen LogP contribution in [0.1, 0.15) is 43.5 Å². The highest BCUT2D eigenvalue weighted by Gasteiger charge is 2.24. The molecule has 1 aliphatic rings. The van der Waals surface area contributed by atoms with Crippen LogP contribution in [0.5, 0.6) is 5.75 Å². The fourth-order valence-corrected chi connectivity index (χ4v) is 3.13. The third-order valence-corrected chi connectivity index (χ3v) is 4.37. The molecule has 0 saturated carbocycles. The van der Waals surface area contributed by atoms with Crippen LogP contribution in [-0.4, -0.2) is 48.0 Å². The standard InChI is InChI=1S/C17H25N3O4/c1-3-19-10-6-5-7-13(19)12-18-17(21)15-11-14(24-4-2)8-9-16(15)20(22)23/h8-9,11,13H,3-7,10,12H2,1-2H3,(H,18,21). The van der Waals surface area contributed by atoms with Gasteiger partial charge < -0.3 is 10.1 Å². The van der Waals surface area contributed by atoms with Gasteiger partial charge in [-0.25, -0.2) is 0 Å². The predicted octanol–water partition coefficient (Wildman–Crippen LogP) is 2.60. The van der Waals surface area contributed by atoms with Gasteiger partial charge in [-0.05, 0) is 45.0 Å². The van der Waals surface area contributed by atoms with Gasteiger partial charge in [0.05, 0.1) is 11.5 Å². The maximum absolute atomic E-state index is 12.5. The number of likely N-dealkylation sites (tertiary alicyclic amines) is 1. The minimum Gasteiger partial charge on any atom is -0.494 e. The second-order valence-electron chi connectivity index (χ2n) is 5.86. The highest BCUT2D eigenvalue weighted by Crippen LogP contribution is 2.24. The molecule has 0 aromatic heterocycles. The SMILES string of the molecule is CCOc1ccc([N+](=O)[O-])c(C(=O)NCC2CCCCN2CC)c1. The second-order valence-corrected chi connectivity index (χ2v) is 5.86. The smallest absolute Gasteiger partial charge is 0.282 e. The number of piperidine rings is 1. The van der Waals surface area contributed by atoms with E-state index in [9.17, 15) is 14.9 Å². The monoisotopic (exact) mass is 335 g/mol. The Bertz CT molecular complexity index is 591. The van der Waals surface area contributed by atoms with Crippen LogP contribution in [0.3, 0.4) is 0 Å². The van der Waals surface area contributed by atoms with E-state index in [0.717, 1.165) is 25.9 Å². The summed E-state index contributed by atoms with van der Waals surface area (Å²) in [6, 6.07) is 4.56. The Balaban J connectivity index is 2.10. The first-order chi connectivity index (χ1) is 11.6. The highest BCUT2D eigenvalue weighted by molar-refractivity contribution is 5.98. The molecule has 0 aliphatic carbocycles. The van der Waals surface area contributed by atoms with Gasteiger partial charge in [0.1, 0.15) is 11.3 Å². The molecule has 1 aliphatic heterocycles. The number of nitro benzene ring substituents is 1. The van der Waals surface area contributed by atoms with Crippen molar-refractivity contribution in [3.8, 4) is 5.75 Å². The normalized spacial score (nSPS) is 18.2. The van der Waals surface area contributed by atoms with Crippen molar-refractivity contribution >= 4 is 11.6 Å². The molecule has 1 N–H and O–H groups in total. The quantitative estimate of drug-likeness (QED) is 0.611. The first-order valence-electron chi connectivity index (χ1n) is 8.50. The second kappa shape index (κ2) is 8.63. The number of hydrogen-bond acceptors (Lipinski definition) is 5. The number of amides is 1. The number of hydrogen-bond donors (Lipinski definition) is 1. The Morgan fingerprint density at radius 2 is 2.21 bits per heavy atom. The summed E-state index contributed by atoms with van der Waals surface area (Å²) in [6.07, 6.45) is 3.37. The first-order valence-corrected chi connectivity index (χ1v) is 8.50. The molecular weight excluding hydrogens is 310 g/mol. The Kier molecular flexibility index (Phi) is 6.54. The van der Waals surface area contributed by atoms with Crippen molar-refractivity contribution in [3.05, 3.63) is 33.9 Å². The van der Waals surface area contributed by atoms with E-state index in [2.05, 4.69) is 17.1 Å². The third-order valence-electron chi connectivity index (χ3n) is 4.37. The number of carbonyl (C=O) groups excluding carboxylic acids is 1. The van der Waals surface area contributed by atoms with E-state index in [1.54, 1.807) is 0 Å². The summed E-state index contributed by atoms with van der Waals surface area (Å²) in [5.41, 5.74) is -0.156. The molecule has 1 aromatic carbocycles. The van der Waals surface area contributed by atoms with Crippen LogP contribution in [0.25, 0.3) is 0 Å². The molecule has 24 heavy (non-hydrogen) atoms. The van der Waals surface area contributed by atoms with Gasteiger partial charge in [-0.15, -0.1) is 0 Å².